The maximum absolute atomic E-state index is 12.2. The van der Waals surface area contributed by atoms with Crippen LogP contribution in [0.5, 0.6) is 0 Å². The van der Waals surface area contributed by atoms with E-state index >= 15 is 0 Å². The molecule has 0 saturated carbocycles. The molecule has 0 radical (unpaired) electrons. The SMILES string of the molecule is CC(=O)SCC(=O)CCCCCC(=O)c1cc2ccccc2s1. The number of carbonyl (C=O) groups is 3. The van der Waals surface area contributed by atoms with Gasteiger partial charge < -0.3 is 0 Å². The van der Waals surface area contributed by atoms with E-state index in [9.17, 15) is 14.4 Å². The zero-order valence-electron chi connectivity index (χ0n) is 13.2. The van der Waals surface area contributed by atoms with Crippen LogP contribution in [0.25, 0.3) is 10.1 Å². The highest BCUT2D eigenvalue weighted by Gasteiger charge is 2.10. The molecule has 0 unspecified atom stereocenters. The predicted octanol–water partition coefficient (Wildman–Crippen LogP) is 4.88. The van der Waals surface area contributed by atoms with Crippen LogP contribution in [0.15, 0.2) is 30.3 Å². The Balaban J connectivity index is 1.67. The second-order valence-electron chi connectivity index (χ2n) is 5.45. The molecule has 0 bridgehead atoms. The fourth-order valence-electron chi connectivity index (χ4n) is 2.28. The Hall–Kier alpha value is -1.46. The zero-order valence-corrected chi connectivity index (χ0v) is 14.8. The minimum atomic E-state index is -0.0210. The third-order valence-corrected chi connectivity index (χ3v) is 5.53. The van der Waals surface area contributed by atoms with Crippen molar-refractivity contribution in [2.45, 2.75) is 39.0 Å². The molecule has 2 rings (SSSR count). The maximum atomic E-state index is 12.2. The van der Waals surface area contributed by atoms with Gasteiger partial charge in [0.15, 0.2) is 10.9 Å². The molecule has 122 valence electrons. The lowest BCUT2D eigenvalue weighted by Gasteiger charge is -2.00. The topological polar surface area (TPSA) is 51.2 Å². The lowest BCUT2D eigenvalue weighted by molar-refractivity contribution is -0.117. The second kappa shape index (κ2) is 8.99. The van der Waals surface area contributed by atoms with Crippen molar-refractivity contribution < 1.29 is 14.4 Å². The minimum absolute atomic E-state index is 0.0210. The van der Waals surface area contributed by atoms with Gasteiger partial charge in [-0.15, -0.1) is 11.3 Å². The average molecular weight is 348 g/mol. The van der Waals surface area contributed by atoms with Gasteiger partial charge in [0.25, 0.3) is 0 Å². The molecule has 3 nitrogen and oxygen atoms in total. The van der Waals surface area contributed by atoms with Crippen molar-refractivity contribution in [1.82, 2.24) is 0 Å². The molecule has 0 aliphatic rings. The summed E-state index contributed by atoms with van der Waals surface area (Å²) in [6.45, 7) is 1.47. The predicted molar refractivity (Wildman–Crippen MR) is 97.4 cm³/mol. The number of fused-ring (bicyclic) bond motifs is 1. The van der Waals surface area contributed by atoms with Gasteiger partial charge in [-0.2, -0.15) is 0 Å². The number of hydrogen-bond donors (Lipinski definition) is 0. The summed E-state index contributed by atoms with van der Waals surface area (Å²) in [5.74, 6) is 0.571. The van der Waals surface area contributed by atoms with Crippen LogP contribution in [0.2, 0.25) is 0 Å². The monoisotopic (exact) mass is 348 g/mol. The first-order valence-corrected chi connectivity index (χ1v) is 9.53. The molecule has 23 heavy (non-hydrogen) atoms. The van der Waals surface area contributed by atoms with Crippen LogP contribution in [0, 0.1) is 0 Å². The van der Waals surface area contributed by atoms with E-state index in [-0.39, 0.29) is 22.4 Å². The van der Waals surface area contributed by atoms with Gasteiger partial charge in [-0.1, -0.05) is 36.4 Å². The third-order valence-electron chi connectivity index (χ3n) is 3.50. The zero-order chi connectivity index (χ0) is 16.7. The Bertz CT molecular complexity index is 670. The molecule has 0 aliphatic heterocycles. The van der Waals surface area contributed by atoms with Crippen LogP contribution < -0.4 is 0 Å². The number of hydrogen-bond acceptors (Lipinski definition) is 5. The first-order chi connectivity index (χ1) is 11.1. The number of thiophene rings is 1. The maximum Gasteiger partial charge on any atom is 0.186 e. The van der Waals surface area contributed by atoms with Crippen LogP contribution in [0.3, 0.4) is 0 Å². The number of thioether (sulfide) groups is 1. The van der Waals surface area contributed by atoms with Crippen molar-refractivity contribution in [3.63, 3.8) is 0 Å². The van der Waals surface area contributed by atoms with Gasteiger partial charge in [0.2, 0.25) is 0 Å². The second-order valence-corrected chi connectivity index (χ2v) is 7.69. The fraction of sp³-hybridized carbons (Fsp3) is 0.389. The van der Waals surface area contributed by atoms with Gasteiger partial charge in [0.05, 0.1) is 10.6 Å². The third kappa shape index (κ3) is 5.92. The van der Waals surface area contributed by atoms with Gasteiger partial charge in [-0.3, -0.25) is 14.4 Å². The van der Waals surface area contributed by atoms with E-state index in [0.29, 0.717) is 12.8 Å². The number of unbranched alkanes of at least 4 members (excludes halogenated alkanes) is 2. The molecular weight excluding hydrogens is 328 g/mol. The number of carbonyl (C=O) groups excluding carboxylic acids is 3. The van der Waals surface area contributed by atoms with E-state index in [1.807, 2.05) is 30.3 Å². The van der Waals surface area contributed by atoms with Gasteiger partial charge in [-0.05, 0) is 30.4 Å². The summed E-state index contributed by atoms with van der Waals surface area (Å²) in [6, 6.07) is 9.97. The van der Waals surface area contributed by atoms with Crippen molar-refractivity contribution in [3.05, 3.63) is 35.2 Å². The van der Waals surface area contributed by atoms with Crippen molar-refractivity contribution in [2.75, 3.05) is 5.75 Å². The smallest absolute Gasteiger partial charge is 0.186 e. The van der Waals surface area contributed by atoms with Crippen molar-refractivity contribution in [3.8, 4) is 0 Å². The molecule has 0 saturated heterocycles. The average Bonchev–Trinajstić information content (AvgIpc) is 2.96. The van der Waals surface area contributed by atoms with Gasteiger partial charge >= 0.3 is 0 Å². The summed E-state index contributed by atoms with van der Waals surface area (Å²) in [5.41, 5.74) is 0. The summed E-state index contributed by atoms with van der Waals surface area (Å²) in [5, 5.41) is 1.10. The lowest BCUT2D eigenvalue weighted by atomic mass is 10.1. The first-order valence-electron chi connectivity index (χ1n) is 7.73. The molecule has 1 aromatic carbocycles. The lowest BCUT2D eigenvalue weighted by Crippen LogP contribution is -2.03. The Kier molecular flexibility index (Phi) is 6.99. The van der Waals surface area contributed by atoms with E-state index in [1.165, 1.54) is 6.92 Å². The highest BCUT2D eigenvalue weighted by molar-refractivity contribution is 8.14. The normalized spacial score (nSPS) is 10.8. The first kappa shape index (κ1) is 17.9. The molecular formula is C18H20O3S2. The van der Waals surface area contributed by atoms with Crippen LogP contribution in [0.1, 0.15) is 48.7 Å². The van der Waals surface area contributed by atoms with Crippen LogP contribution >= 0.6 is 23.1 Å². The van der Waals surface area contributed by atoms with Gasteiger partial charge in [0, 0.05) is 24.5 Å². The van der Waals surface area contributed by atoms with Crippen molar-refractivity contribution >= 4 is 49.9 Å². The largest absolute Gasteiger partial charge is 0.299 e. The highest BCUT2D eigenvalue weighted by atomic mass is 32.2. The molecule has 2 aromatic rings. The summed E-state index contributed by atoms with van der Waals surface area (Å²) < 4.78 is 1.14. The van der Waals surface area contributed by atoms with E-state index in [1.54, 1.807) is 11.3 Å². The Labute approximate surface area is 144 Å². The number of ketones is 2. The Morgan fingerprint density at radius 2 is 1.78 bits per heavy atom. The Morgan fingerprint density at radius 3 is 2.52 bits per heavy atom. The molecule has 0 N–H and O–H groups in total. The van der Waals surface area contributed by atoms with Crippen LogP contribution in [0.4, 0.5) is 0 Å². The van der Waals surface area contributed by atoms with Crippen LogP contribution in [-0.4, -0.2) is 22.4 Å². The standard InChI is InChI=1S/C18H20O3S2/c1-13(19)22-12-15(20)8-3-2-4-9-16(21)18-11-14-7-5-6-10-17(14)23-18/h5-7,10-11H,2-4,8-9,12H2,1H3. The molecule has 1 heterocycles. The summed E-state index contributed by atoms with van der Waals surface area (Å²) in [7, 11) is 0. The van der Waals surface area contributed by atoms with E-state index in [4.69, 9.17) is 0 Å². The van der Waals surface area contributed by atoms with Crippen molar-refractivity contribution in [2.24, 2.45) is 0 Å². The molecule has 1 aromatic heterocycles. The molecule has 5 heteroatoms. The number of benzene rings is 1. The highest BCUT2D eigenvalue weighted by Crippen LogP contribution is 2.26. The fourth-order valence-corrected chi connectivity index (χ4v) is 3.82. The van der Waals surface area contributed by atoms with E-state index in [2.05, 4.69) is 0 Å². The summed E-state index contributed by atoms with van der Waals surface area (Å²) >= 11 is 2.61. The molecule has 0 amide bonds. The van der Waals surface area contributed by atoms with Gasteiger partial charge in [0.1, 0.15) is 5.78 Å². The molecule has 0 fully saturated rings. The Morgan fingerprint density at radius 1 is 1.04 bits per heavy atom. The molecule has 0 aliphatic carbocycles. The quantitative estimate of drug-likeness (QED) is 0.478. The van der Waals surface area contributed by atoms with Crippen LogP contribution in [-0.2, 0) is 9.59 Å². The molecule has 0 spiro atoms. The van der Waals surface area contributed by atoms with E-state index in [0.717, 1.165) is 46.0 Å². The number of Topliss-reactive ketones (excluding diaryl/α,β-unsaturated/α-hetero) is 2. The molecule has 0 atom stereocenters. The summed E-state index contributed by atoms with van der Waals surface area (Å²) in [6.07, 6.45) is 3.49. The summed E-state index contributed by atoms with van der Waals surface area (Å²) in [4.78, 5) is 35.3. The van der Waals surface area contributed by atoms with Crippen molar-refractivity contribution in [1.29, 1.82) is 0 Å². The minimum Gasteiger partial charge on any atom is -0.299 e. The van der Waals surface area contributed by atoms with Gasteiger partial charge in [-0.25, -0.2) is 0 Å². The van der Waals surface area contributed by atoms with E-state index < -0.39 is 0 Å². The number of rotatable bonds is 9.